The van der Waals surface area contributed by atoms with Crippen LogP contribution in [0, 0.1) is 0 Å². The third kappa shape index (κ3) is 3.88. The van der Waals surface area contributed by atoms with Gasteiger partial charge in [0, 0.05) is 0 Å². The number of hydrogen-bond donors (Lipinski definition) is 0. The lowest BCUT2D eigenvalue weighted by molar-refractivity contribution is 0.0787. The molecule has 0 saturated carbocycles. The predicted octanol–water partition coefficient (Wildman–Crippen LogP) is 2.15. The van der Waals surface area contributed by atoms with Gasteiger partial charge in [-0.05, 0) is 26.7 Å². The monoisotopic (exact) mass is 170 g/mol. The quantitative estimate of drug-likeness (QED) is 0.602. The molecule has 0 fully saturated rings. The summed E-state index contributed by atoms with van der Waals surface area (Å²) >= 11 is 0. The van der Waals surface area contributed by atoms with Crippen LogP contribution in [0.3, 0.4) is 0 Å². The molecule has 1 aliphatic heterocycles. The van der Waals surface area contributed by atoms with Gasteiger partial charge in [0.2, 0.25) is 0 Å². The number of ether oxygens (including phenoxy) is 2. The highest BCUT2D eigenvalue weighted by Crippen LogP contribution is 2.11. The van der Waals surface area contributed by atoms with Gasteiger partial charge >= 0.3 is 0 Å². The van der Waals surface area contributed by atoms with Crippen LogP contribution in [0.5, 0.6) is 0 Å². The smallest absolute Gasteiger partial charge is 0.0650 e. The van der Waals surface area contributed by atoms with Crippen LogP contribution in [0.25, 0.3) is 0 Å². The lowest BCUT2D eigenvalue weighted by Gasteiger charge is -2.14. The Balaban J connectivity index is 2.09. The minimum absolute atomic E-state index is 0.352. The van der Waals surface area contributed by atoms with E-state index in [9.17, 15) is 0 Å². The van der Waals surface area contributed by atoms with E-state index in [0.29, 0.717) is 6.10 Å². The van der Waals surface area contributed by atoms with E-state index >= 15 is 0 Å². The van der Waals surface area contributed by atoms with Gasteiger partial charge in [-0.3, -0.25) is 0 Å². The van der Waals surface area contributed by atoms with Crippen molar-refractivity contribution in [1.29, 1.82) is 0 Å². The highest BCUT2D eigenvalue weighted by atomic mass is 16.5. The predicted molar refractivity (Wildman–Crippen MR) is 49.2 cm³/mol. The lowest BCUT2D eigenvalue weighted by atomic mass is 10.1. The van der Waals surface area contributed by atoms with Gasteiger partial charge in [-0.25, -0.2) is 0 Å². The van der Waals surface area contributed by atoms with Gasteiger partial charge < -0.3 is 9.47 Å². The van der Waals surface area contributed by atoms with Crippen molar-refractivity contribution >= 4 is 0 Å². The Kier molecular flexibility index (Phi) is 4.33. The summed E-state index contributed by atoms with van der Waals surface area (Å²) in [6.07, 6.45) is 4.68. The van der Waals surface area contributed by atoms with Crippen LogP contribution in [-0.4, -0.2) is 25.9 Å². The molecule has 0 radical (unpaired) electrons. The third-order valence-electron chi connectivity index (χ3n) is 1.93. The van der Waals surface area contributed by atoms with Crippen LogP contribution < -0.4 is 0 Å². The van der Waals surface area contributed by atoms with Crippen molar-refractivity contribution in [3.05, 3.63) is 11.6 Å². The molecule has 0 bridgehead atoms. The van der Waals surface area contributed by atoms with Crippen LogP contribution in [0.15, 0.2) is 11.6 Å². The molecule has 0 aromatic carbocycles. The molecule has 1 aliphatic rings. The summed E-state index contributed by atoms with van der Waals surface area (Å²) in [4.78, 5) is 0. The van der Waals surface area contributed by atoms with Crippen molar-refractivity contribution in [3.63, 3.8) is 0 Å². The molecule has 2 heteroatoms. The van der Waals surface area contributed by atoms with Gasteiger partial charge in [-0.15, -0.1) is 0 Å². The van der Waals surface area contributed by atoms with Crippen molar-refractivity contribution in [2.75, 3.05) is 19.8 Å². The van der Waals surface area contributed by atoms with Crippen LogP contribution in [0.1, 0.15) is 26.7 Å². The topological polar surface area (TPSA) is 18.5 Å². The van der Waals surface area contributed by atoms with Gasteiger partial charge in [-0.1, -0.05) is 11.6 Å². The standard InChI is InChI=1S/C10H18O2/c1-9(2)12-8-5-10-3-6-11-7-4-10/h3,9H,4-8H2,1-2H3. The Hall–Kier alpha value is -0.340. The molecule has 0 spiro atoms. The Morgan fingerprint density at radius 3 is 3.00 bits per heavy atom. The first-order valence-electron chi connectivity index (χ1n) is 4.66. The minimum atomic E-state index is 0.352. The Labute approximate surface area is 74.6 Å². The van der Waals surface area contributed by atoms with E-state index in [1.807, 2.05) is 0 Å². The summed E-state index contributed by atoms with van der Waals surface area (Å²) in [7, 11) is 0. The molecule has 2 nitrogen and oxygen atoms in total. The molecule has 0 saturated heterocycles. The molecular weight excluding hydrogens is 152 g/mol. The molecular formula is C10H18O2. The zero-order valence-corrected chi connectivity index (χ0v) is 8.01. The average Bonchev–Trinajstić information content (AvgIpc) is 2.05. The lowest BCUT2D eigenvalue weighted by Crippen LogP contribution is -2.09. The molecule has 0 unspecified atom stereocenters. The fourth-order valence-electron chi connectivity index (χ4n) is 1.22. The minimum Gasteiger partial charge on any atom is -0.378 e. The molecule has 12 heavy (non-hydrogen) atoms. The van der Waals surface area contributed by atoms with E-state index in [-0.39, 0.29) is 0 Å². The van der Waals surface area contributed by atoms with Crippen LogP contribution >= 0.6 is 0 Å². The maximum absolute atomic E-state index is 5.46. The Bertz CT molecular complexity index is 150. The Morgan fingerprint density at radius 1 is 1.58 bits per heavy atom. The van der Waals surface area contributed by atoms with E-state index < -0.39 is 0 Å². The highest BCUT2D eigenvalue weighted by molar-refractivity contribution is 5.04. The summed E-state index contributed by atoms with van der Waals surface area (Å²) in [6.45, 7) is 6.66. The highest BCUT2D eigenvalue weighted by Gasteiger charge is 2.03. The molecule has 1 heterocycles. The zero-order chi connectivity index (χ0) is 8.81. The molecule has 0 aromatic heterocycles. The van der Waals surface area contributed by atoms with Crippen LogP contribution in [0.2, 0.25) is 0 Å². The van der Waals surface area contributed by atoms with E-state index in [1.54, 1.807) is 0 Å². The van der Waals surface area contributed by atoms with Crippen molar-refractivity contribution in [3.8, 4) is 0 Å². The van der Waals surface area contributed by atoms with Crippen LogP contribution in [-0.2, 0) is 9.47 Å². The zero-order valence-electron chi connectivity index (χ0n) is 8.01. The van der Waals surface area contributed by atoms with Crippen molar-refractivity contribution in [2.45, 2.75) is 32.8 Å². The molecule has 0 amide bonds. The second-order valence-electron chi connectivity index (χ2n) is 3.36. The second kappa shape index (κ2) is 5.33. The van der Waals surface area contributed by atoms with Crippen LogP contribution in [0.4, 0.5) is 0 Å². The first kappa shape index (κ1) is 9.75. The summed E-state index contributed by atoms with van der Waals surface area (Å²) in [5.74, 6) is 0. The first-order valence-corrected chi connectivity index (χ1v) is 4.66. The number of rotatable bonds is 4. The van der Waals surface area contributed by atoms with Gasteiger partial charge in [-0.2, -0.15) is 0 Å². The SMILES string of the molecule is CC(C)OCCC1=CCOCC1. The maximum atomic E-state index is 5.46. The summed E-state index contributed by atoms with van der Waals surface area (Å²) < 4.78 is 10.7. The fourth-order valence-corrected chi connectivity index (χ4v) is 1.22. The van der Waals surface area contributed by atoms with E-state index in [4.69, 9.17) is 9.47 Å². The number of hydrogen-bond acceptors (Lipinski definition) is 2. The largest absolute Gasteiger partial charge is 0.378 e. The molecule has 0 atom stereocenters. The fraction of sp³-hybridized carbons (Fsp3) is 0.800. The van der Waals surface area contributed by atoms with Crippen molar-refractivity contribution in [2.24, 2.45) is 0 Å². The van der Waals surface area contributed by atoms with E-state index in [2.05, 4.69) is 19.9 Å². The Morgan fingerprint density at radius 2 is 2.42 bits per heavy atom. The van der Waals surface area contributed by atoms with Crippen molar-refractivity contribution < 1.29 is 9.47 Å². The normalized spacial score (nSPS) is 18.1. The van der Waals surface area contributed by atoms with Gasteiger partial charge in [0.25, 0.3) is 0 Å². The van der Waals surface area contributed by atoms with Gasteiger partial charge in [0.15, 0.2) is 0 Å². The molecule has 0 aliphatic carbocycles. The van der Waals surface area contributed by atoms with E-state index in [1.165, 1.54) is 5.57 Å². The van der Waals surface area contributed by atoms with Crippen molar-refractivity contribution in [1.82, 2.24) is 0 Å². The first-order chi connectivity index (χ1) is 5.79. The molecule has 0 N–H and O–H groups in total. The van der Waals surface area contributed by atoms with Gasteiger partial charge in [0.1, 0.15) is 0 Å². The third-order valence-corrected chi connectivity index (χ3v) is 1.93. The summed E-state index contributed by atoms with van der Waals surface area (Å²) in [5, 5.41) is 0. The molecule has 1 rings (SSSR count). The van der Waals surface area contributed by atoms with E-state index in [0.717, 1.165) is 32.7 Å². The second-order valence-corrected chi connectivity index (χ2v) is 3.36. The van der Waals surface area contributed by atoms with Gasteiger partial charge in [0.05, 0.1) is 25.9 Å². The maximum Gasteiger partial charge on any atom is 0.0650 e. The summed E-state index contributed by atoms with van der Waals surface area (Å²) in [6, 6.07) is 0. The molecule has 0 aromatic rings. The average molecular weight is 170 g/mol. The summed E-state index contributed by atoms with van der Waals surface area (Å²) in [5.41, 5.74) is 1.49. The molecule has 70 valence electrons.